The second-order valence-corrected chi connectivity index (χ2v) is 4.84. The third-order valence-corrected chi connectivity index (χ3v) is 3.75. The smallest absolute Gasteiger partial charge is 0.236 e. The summed E-state index contributed by atoms with van der Waals surface area (Å²) in [5.41, 5.74) is 0. The maximum atomic E-state index is 11.7. The molecule has 0 aromatic rings. The lowest BCUT2D eigenvalue weighted by atomic mass is 10.2. The third-order valence-electron chi connectivity index (χ3n) is 2.61. The number of ether oxygens (including phenoxy) is 1. The van der Waals surface area contributed by atoms with Crippen LogP contribution in [0.3, 0.4) is 0 Å². The molecular weight excluding hydrogens is 212 g/mol. The maximum Gasteiger partial charge on any atom is 0.236 e. The second-order valence-electron chi connectivity index (χ2n) is 3.69. The van der Waals surface area contributed by atoms with Crippen molar-refractivity contribution in [3.63, 3.8) is 0 Å². The molecule has 0 spiro atoms. The molecule has 0 aliphatic carbocycles. The number of hydrogen-bond donors (Lipinski definition) is 1. The second kappa shape index (κ2) is 7.09. The number of nitrogens with zero attached hydrogens (tertiary/aromatic N) is 1. The number of carbonyl (C=O) groups excluding carboxylic acids is 1. The fourth-order valence-corrected chi connectivity index (χ4v) is 2.79. The predicted octanol–water partition coefficient (Wildman–Crippen LogP) is 0.186. The summed E-state index contributed by atoms with van der Waals surface area (Å²) in [4.78, 5) is 13.6. The van der Waals surface area contributed by atoms with Gasteiger partial charge < -0.3 is 15.0 Å². The van der Waals surface area contributed by atoms with E-state index in [1.807, 2.05) is 23.7 Å². The first-order valence-electron chi connectivity index (χ1n) is 5.28. The van der Waals surface area contributed by atoms with Crippen molar-refractivity contribution in [1.29, 1.82) is 0 Å². The van der Waals surface area contributed by atoms with Crippen molar-refractivity contribution in [3.8, 4) is 0 Å². The number of likely N-dealkylation sites (N-methyl/N-ethyl adjacent to an activating group) is 1. The summed E-state index contributed by atoms with van der Waals surface area (Å²) in [6.07, 6.45) is 1.13. The summed E-state index contributed by atoms with van der Waals surface area (Å²) >= 11 is 1.93. The van der Waals surface area contributed by atoms with Crippen LogP contribution in [0.1, 0.15) is 6.42 Å². The van der Waals surface area contributed by atoms with Gasteiger partial charge in [-0.1, -0.05) is 0 Å². The zero-order chi connectivity index (χ0) is 11.1. The molecule has 5 heteroatoms. The van der Waals surface area contributed by atoms with Crippen LogP contribution >= 0.6 is 11.8 Å². The van der Waals surface area contributed by atoms with Crippen LogP contribution < -0.4 is 5.32 Å². The average molecular weight is 232 g/mol. The molecule has 0 saturated carbocycles. The van der Waals surface area contributed by atoms with E-state index >= 15 is 0 Å². The van der Waals surface area contributed by atoms with Gasteiger partial charge in [0, 0.05) is 32.5 Å². The molecule has 1 atom stereocenters. The van der Waals surface area contributed by atoms with Crippen LogP contribution in [-0.4, -0.2) is 62.2 Å². The van der Waals surface area contributed by atoms with Gasteiger partial charge in [-0.25, -0.2) is 0 Å². The Morgan fingerprint density at radius 2 is 2.47 bits per heavy atom. The zero-order valence-electron chi connectivity index (χ0n) is 9.49. The van der Waals surface area contributed by atoms with Gasteiger partial charge in [0.25, 0.3) is 0 Å². The number of rotatable bonds is 6. The number of thioether (sulfide) groups is 1. The summed E-state index contributed by atoms with van der Waals surface area (Å²) in [7, 11) is 3.56. The Morgan fingerprint density at radius 3 is 3.07 bits per heavy atom. The van der Waals surface area contributed by atoms with Gasteiger partial charge in [0.2, 0.25) is 5.91 Å². The Morgan fingerprint density at radius 1 is 1.67 bits per heavy atom. The first-order valence-corrected chi connectivity index (χ1v) is 6.44. The molecule has 1 saturated heterocycles. The molecule has 1 fully saturated rings. The highest BCUT2D eigenvalue weighted by Crippen LogP contribution is 2.21. The summed E-state index contributed by atoms with van der Waals surface area (Å²) in [6, 6.07) is 0.437. The quantitative estimate of drug-likeness (QED) is 0.664. The molecule has 1 N–H and O–H groups in total. The van der Waals surface area contributed by atoms with Gasteiger partial charge in [-0.15, -0.1) is 0 Å². The van der Waals surface area contributed by atoms with E-state index in [-0.39, 0.29) is 5.91 Å². The number of methoxy groups -OCH3 is 1. The van der Waals surface area contributed by atoms with Crippen LogP contribution in [0, 0.1) is 0 Å². The molecule has 0 bridgehead atoms. The van der Waals surface area contributed by atoms with Crippen LogP contribution in [0.2, 0.25) is 0 Å². The number of nitrogens with one attached hydrogen (secondary N) is 1. The molecule has 0 aromatic heterocycles. The molecule has 1 aliphatic heterocycles. The molecule has 1 heterocycles. The molecule has 1 amide bonds. The lowest BCUT2D eigenvalue weighted by Gasteiger charge is -2.23. The Labute approximate surface area is 95.7 Å². The van der Waals surface area contributed by atoms with E-state index in [4.69, 9.17) is 4.74 Å². The van der Waals surface area contributed by atoms with Crippen LogP contribution in [0.4, 0.5) is 0 Å². The van der Waals surface area contributed by atoms with Gasteiger partial charge >= 0.3 is 0 Å². The Kier molecular flexibility index (Phi) is 6.05. The van der Waals surface area contributed by atoms with Crippen molar-refractivity contribution in [2.24, 2.45) is 0 Å². The van der Waals surface area contributed by atoms with Gasteiger partial charge in [-0.05, 0) is 12.2 Å². The van der Waals surface area contributed by atoms with E-state index in [0.717, 1.165) is 18.7 Å². The summed E-state index contributed by atoms with van der Waals surface area (Å²) in [5, 5.41) is 3.07. The van der Waals surface area contributed by atoms with Crippen molar-refractivity contribution in [1.82, 2.24) is 10.2 Å². The van der Waals surface area contributed by atoms with Crippen LogP contribution in [0.5, 0.6) is 0 Å². The highest BCUT2D eigenvalue weighted by Gasteiger charge is 2.23. The van der Waals surface area contributed by atoms with E-state index in [9.17, 15) is 4.79 Å². The first kappa shape index (κ1) is 12.8. The SMILES string of the molecule is COCCNCC(=O)N(C)C1CCSC1. The molecule has 4 nitrogen and oxygen atoms in total. The van der Waals surface area contributed by atoms with Gasteiger partial charge in [-0.2, -0.15) is 11.8 Å². The zero-order valence-corrected chi connectivity index (χ0v) is 10.3. The molecule has 0 radical (unpaired) electrons. The van der Waals surface area contributed by atoms with Crippen molar-refractivity contribution in [2.75, 3.05) is 45.4 Å². The molecule has 1 rings (SSSR count). The molecule has 1 unspecified atom stereocenters. The standard InChI is InChI=1S/C10H20N2O2S/c1-12(9-3-6-15-8-9)10(13)7-11-4-5-14-2/h9,11H,3-8H2,1-2H3. The Hall–Kier alpha value is -0.260. The van der Waals surface area contributed by atoms with E-state index < -0.39 is 0 Å². The number of amides is 1. The van der Waals surface area contributed by atoms with Gasteiger partial charge in [0.15, 0.2) is 0 Å². The van der Waals surface area contributed by atoms with Crippen LogP contribution in [0.15, 0.2) is 0 Å². The summed E-state index contributed by atoms with van der Waals surface area (Å²) < 4.78 is 4.89. The van der Waals surface area contributed by atoms with Crippen LogP contribution in [0.25, 0.3) is 0 Å². The van der Waals surface area contributed by atoms with Gasteiger partial charge in [0.1, 0.15) is 0 Å². The molecule has 1 aliphatic rings. The maximum absolute atomic E-state index is 11.7. The minimum Gasteiger partial charge on any atom is -0.383 e. The van der Waals surface area contributed by atoms with Gasteiger partial charge in [0.05, 0.1) is 13.2 Å². The number of hydrogen-bond acceptors (Lipinski definition) is 4. The van der Waals surface area contributed by atoms with Crippen molar-refractivity contribution < 1.29 is 9.53 Å². The Bertz CT molecular complexity index is 196. The van der Waals surface area contributed by atoms with E-state index in [0.29, 0.717) is 19.2 Å². The molecule has 0 aromatic carbocycles. The van der Waals surface area contributed by atoms with Crippen molar-refractivity contribution in [2.45, 2.75) is 12.5 Å². The van der Waals surface area contributed by atoms with E-state index in [1.165, 1.54) is 5.75 Å². The normalized spacial score (nSPS) is 20.5. The molecule has 88 valence electrons. The summed E-state index contributed by atoms with van der Waals surface area (Å²) in [6.45, 7) is 1.80. The summed E-state index contributed by atoms with van der Waals surface area (Å²) in [5.74, 6) is 2.44. The predicted molar refractivity (Wildman–Crippen MR) is 63.2 cm³/mol. The first-order chi connectivity index (χ1) is 7.25. The largest absolute Gasteiger partial charge is 0.383 e. The highest BCUT2D eigenvalue weighted by molar-refractivity contribution is 7.99. The van der Waals surface area contributed by atoms with E-state index in [2.05, 4.69) is 5.32 Å². The fourth-order valence-electron chi connectivity index (χ4n) is 1.53. The fraction of sp³-hybridized carbons (Fsp3) is 0.900. The van der Waals surface area contributed by atoms with E-state index in [1.54, 1.807) is 7.11 Å². The molecular formula is C10H20N2O2S. The third kappa shape index (κ3) is 4.40. The van der Waals surface area contributed by atoms with Crippen molar-refractivity contribution >= 4 is 17.7 Å². The lowest BCUT2D eigenvalue weighted by molar-refractivity contribution is -0.130. The van der Waals surface area contributed by atoms with Crippen LogP contribution in [-0.2, 0) is 9.53 Å². The highest BCUT2D eigenvalue weighted by atomic mass is 32.2. The minimum atomic E-state index is 0.179. The Balaban J connectivity index is 2.14. The lowest BCUT2D eigenvalue weighted by Crippen LogP contribution is -2.42. The van der Waals surface area contributed by atoms with Crippen molar-refractivity contribution in [3.05, 3.63) is 0 Å². The number of carbonyl (C=O) groups is 1. The average Bonchev–Trinajstić information content (AvgIpc) is 2.76. The minimum absolute atomic E-state index is 0.179. The topological polar surface area (TPSA) is 41.6 Å². The molecule has 15 heavy (non-hydrogen) atoms. The van der Waals surface area contributed by atoms with Gasteiger partial charge in [-0.3, -0.25) is 4.79 Å². The monoisotopic (exact) mass is 232 g/mol.